The highest BCUT2D eigenvalue weighted by Crippen LogP contribution is 2.28. The molecule has 0 aliphatic heterocycles. The van der Waals surface area contributed by atoms with Crippen molar-refractivity contribution in [2.75, 3.05) is 7.11 Å². The van der Waals surface area contributed by atoms with Crippen molar-refractivity contribution in [3.05, 3.63) is 93.8 Å². The lowest BCUT2D eigenvalue weighted by molar-refractivity contribution is 0.380. The van der Waals surface area contributed by atoms with Crippen molar-refractivity contribution in [3.63, 3.8) is 0 Å². The Kier molecular flexibility index (Phi) is 4.80. The monoisotopic (exact) mass is 393 g/mol. The largest absolute Gasteiger partial charge is 0.494 e. The number of aryl methyl sites for hydroxylation is 1. The van der Waals surface area contributed by atoms with Gasteiger partial charge in [0.15, 0.2) is 11.6 Å². The van der Waals surface area contributed by atoms with Crippen LogP contribution >= 0.6 is 0 Å². The van der Waals surface area contributed by atoms with Gasteiger partial charge in [0.2, 0.25) is 0 Å². The van der Waals surface area contributed by atoms with E-state index >= 15 is 0 Å². The van der Waals surface area contributed by atoms with Crippen molar-refractivity contribution in [1.29, 1.82) is 0 Å². The van der Waals surface area contributed by atoms with E-state index in [9.17, 15) is 13.6 Å². The van der Waals surface area contributed by atoms with Crippen molar-refractivity contribution in [2.45, 2.75) is 13.3 Å². The molecule has 29 heavy (non-hydrogen) atoms. The number of hydrogen-bond donors (Lipinski definition) is 0. The third-order valence-electron chi connectivity index (χ3n) is 4.80. The molecule has 2 aromatic heterocycles. The number of benzene rings is 2. The second-order valence-corrected chi connectivity index (χ2v) is 6.66. The quantitative estimate of drug-likeness (QED) is 0.527. The Morgan fingerprint density at radius 2 is 1.83 bits per heavy atom. The van der Waals surface area contributed by atoms with Crippen molar-refractivity contribution in [2.24, 2.45) is 0 Å². The van der Waals surface area contributed by atoms with Crippen LogP contribution in [0.3, 0.4) is 0 Å². The van der Waals surface area contributed by atoms with Crippen LogP contribution in [-0.2, 0) is 6.42 Å². The molecule has 2 aromatic carbocycles. The van der Waals surface area contributed by atoms with Gasteiger partial charge in [-0.1, -0.05) is 6.07 Å². The van der Waals surface area contributed by atoms with E-state index in [1.54, 1.807) is 49.6 Å². The van der Waals surface area contributed by atoms with Crippen LogP contribution in [0, 0.1) is 18.6 Å². The number of fused-ring (bicyclic) bond motifs is 1. The van der Waals surface area contributed by atoms with Crippen LogP contribution in [0.15, 0.2) is 59.9 Å². The SMILES string of the molecule is COc1cc(C)c(F)c(Cc2ccc3ncn(-c4ccncc4)c(=O)c3c2)c1F. The molecule has 0 aliphatic carbocycles. The van der Waals surface area contributed by atoms with Gasteiger partial charge in [-0.3, -0.25) is 14.3 Å². The first-order valence-corrected chi connectivity index (χ1v) is 8.91. The van der Waals surface area contributed by atoms with Gasteiger partial charge in [0.05, 0.1) is 23.7 Å². The van der Waals surface area contributed by atoms with E-state index in [1.165, 1.54) is 24.1 Å². The molecule has 0 radical (unpaired) electrons. The minimum absolute atomic E-state index is 0.0126. The summed E-state index contributed by atoms with van der Waals surface area (Å²) in [4.78, 5) is 21.2. The van der Waals surface area contributed by atoms with Crippen molar-refractivity contribution in [1.82, 2.24) is 14.5 Å². The summed E-state index contributed by atoms with van der Waals surface area (Å²) >= 11 is 0. The molecule has 0 atom stereocenters. The maximum atomic E-state index is 14.6. The summed E-state index contributed by atoms with van der Waals surface area (Å²) in [6.45, 7) is 1.55. The molecule has 4 rings (SSSR count). The number of ether oxygens (including phenoxy) is 1. The van der Waals surface area contributed by atoms with E-state index < -0.39 is 11.6 Å². The Balaban J connectivity index is 1.82. The Bertz CT molecular complexity index is 1270. The van der Waals surface area contributed by atoms with E-state index in [-0.39, 0.29) is 23.3 Å². The number of aromatic nitrogens is 3. The average Bonchev–Trinajstić information content (AvgIpc) is 2.75. The maximum absolute atomic E-state index is 14.6. The van der Waals surface area contributed by atoms with Gasteiger partial charge in [0.1, 0.15) is 12.1 Å². The fraction of sp³-hybridized carbons (Fsp3) is 0.136. The van der Waals surface area contributed by atoms with Crippen molar-refractivity contribution >= 4 is 10.9 Å². The predicted molar refractivity (Wildman–Crippen MR) is 106 cm³/mol. The lowest BCUT2D eigenvalue weighted by atomic mass is 10.00. The van der Waals surface area contributed by atoms with Gasteiger partial charge in [0, 0.05) is 24.4 Å². The number of pyridine rings is 1. The molecule has 0 aliphatic rings. The minimum atomic E-state index is -0.740. The van der Waals surface area contributed by atoms with Crippen LogP contribution < -0.4 is 10.3 Å². The van der Waals surface area contributed by atoms with Crippen LogP contribution in [0.1, 0.15) is 16.7 Å². The number of methoxy groups -OCH3 is 1. The summed E-state index contributed by atoms with van der Waals surface area (Å²) in [6.07, 6.45) is 4.60. The molecule has 2 heterocycles. The summed E-state index contributed by atoms with van der Waals surface area (Å²) in [5, 5.41) is 0.363. The van der Waals surface area contributed by atoms with Crippen molar-refractivity contribution < 1.29 is 13.5 Å². The highest BCUT2D eigenvalue weighted by atomic mass is 19.1. The molecule has 0 saturated carbocycles. The van der Waals surface area contributed by atoms with Gasteiger partial charge < -0.3 is 4.74 Å². The number of hydrogen-bond acceptors (Lipinski definition) is 4. The molecule has 0 spiro atoms. The van der Waals surface area contributed by atoms with E-state index in [1.807, 2.05) is 0 Å². The van der Waals surface area contributed by atoms with E-state index in [4.69, 9.17) is 4.74 Å². The highest BCUT2D eigenvalue weighted by Gasteiger charge is 2.18. The first-order valence-electron chi connectivity index (χ1n) is 8.91. The van der Waals surface area contributed by atoms with E-state index in [0.29, 0.717) is 27.7 Å². The summed E-state index contributed by atoms with van der Waals surface area (Å²) in [6, 6.07) is 9.72. The molecule has 0 N–H and O–H groups in total. The summed E-state index contributed by atoms with van der Waals surface area (Å²) in [5.74, 6) is -1.37. The zero-order chi connectivity index (χ0) is 20.5. The predicted octanol–water partition coefficient (Wildman–Crippen LogP) is 3.97. The topological polar surface area (TPSA) is 57.0 Å². The first kappa shape index (κ1) is 18.7. The van der Waals surface area contributed by atoms with E-state index in [2.05, 4.69) is 9.97 Å². The second kappa shape index (κ2) is 7.43. The lowest BCUT2D eigenvalue weighted by Crippen LogP contribution is -2.19. The van der Waals surface area contributed by atoms with E-state index in [0.717, 1.165) is 0 Å². The van der Waals surface area contributed by atoms with Gasteiger partial charge in [0.25, 0.3) is 5.56 Å². The fourth-order valence-corrected chi connectivity index (χ4v) is 3.28. The minimum Gasteiger partial charge on any atom is -0.494 e. The number of rotatable bonds is 4. The van der Waals surface area contributed by atoms with Gasteiger partial charge in [-0.25, -0.2) is 13.8 Å². The third kappa shape index (κ3) is 3.35. The van der Waals surface area contributed by atoms with Gasteiger partial charge in [-0.2, -0.15) is 0 Å². The van der Waals surface area contributed by atoms with Crippen molar-refractivity contribution in [3.8, 4) is 11.4 Å². The molecule has 0 amide bonds. The lowest BCUT2D eigenvalue weighted by Gasteiger charge is -2.12. The molecule has 7 heteroatoms. The molecule has 0 fully saturated rings. The number of nitrogens with zero attached hydrogens (tertiary/aromatic N) is 3. The van der Waals surface area contributed by atoms with Crippen LogP contribution in [0.5, 0.6) is 5.75 Å². The first-order chi connectivity index (χ1) is 14.0. The summed E-state index contributed by atoms with van der Waals surface area (Å²) in [5.41, 5.74) is 1.65. The van der Waals surface area contributed by atoms with Crippen LogP contribution in [0.2, 0.25) is 0 Å². The van der Waals surface area contributed by atoms with Gasteiger partial charge >= 0.3 is 0 Å². The second-order valence-electron chi connectivity index (χ2n) is 6.66. The molecular weight excluding hydrogens is 376 g/mol. The van der Waals surface area contributed by atoms with Crippen LogP contribution in [0.25, 0.3) is 16.6 Å². The van der Waals surface area contributed by atoms with Crippen LogP contribution in [0.4, 0.5) is 8.78 Å². The molecule has 0 saturated heterocycles. The fourth-order valence-electron chi connectivity index (χ4n) is 3.28. The Labute approximate surface area is 165 Å². The standard InChI is InChI=1S/C22H17F2N3O2/c1-13-9-19(29-2)21(24)17(20(13)23)11-14-3-4-18-16(10-14)22(28)27(12-26-18)15-5-7-25-8-6-15/h3-10,12H,11H2,1-2H3. The van der Waals surface area contributed by atoms with Gasteiger partial charge in [-0.15, -0.1) is 0 Å². The normalized spacial score (nSPS) is 11.0. The molecular formula is C22H17F2N3O2. The Hall–Kier alpha value is -3.61. The maximum Gasteiger partial charge on any atom is 0.265 e. The zero-order valence-corrected chi connectivity index (χ0v) is 15.8. The Morgan fingerprint density at radius 1 is 1.07 bits per heavy atom. The molecule has 146 valence electrons. The average molecular weight is 393 g/mol. The third-order valence-corrected chi connectivity index (χ3v) is 4.80. The zero-order valence-electron chi connectivity index (χ0n) is 15.8. The number of halogens is 2. The highest BCUT2D eigenvalue weighted by molar-refractivity contribution is 5.78. The van der Waals surface area contributed by atoms with Gasteiger partial charge in [-0.05, 0) is 48.4 Å². The Morgan fingerprint density at radius 3 is 2.55 bits per heavy atom. The molecule has 0 unspecified atom stereocenters. The summed E-state index contributed by atoms with van der Waals surface area (Å²) in [7, 11) is 1.34. The van der Waals surface area contributed by atoms with Crippen LogP contribution in [-0.4, -0.2) is 21.6 Å². The summed E-state index contributed by atoms with van der Waals surface area (Å²) < 4.78 is 35.6. The smallest absolute Gasteiger partial charge is 0.265 e. The molecule has 5 nitrogen and oxygen atoms in total. The molecule has 0 bridgehead atoms. The molecule has 4 aromatic rings.